The van der Waals surface area contributed by atoms with E-state index >= 15 is 0 Å². The molecule has 0 amide bonds. The molecule has 1 rings (SSSR count). The average molecular weight is 233 g/mol. The second-order valence-electron chi connectivity index (χ2n) is 4.02. The molecule has 0 saturated heterocycles. The van der Waals surface area contributed by atoms with Crippen LogP contribution in [0.15, 0.2) is 36.4 Å². The van der Waals surface area contributed by atoms with Crippen LogP contribution < -0.4 is 5.32 Å². The van der Waals surface area contributed by atoms with Crippen molar-refractivity contribution in [1.82, 2.24) is 0 Å². The zero-order valence-corrected chi connectivity index (χ0v) is 10.6. The van der Waals surface area contributed by atoms with E-state index in [0.717, 1.165) is 12.1 Å². The van der Waals surface area contributed by atoms with E-state index in [4.69, 9.17) is 4.74 Å². The molecule has 0 fully saturated rings. The number of rotatable bonds is 5. The summed E-state index contributed by atoms with van der Waals surface area (Å²) in [5, 5.41) is 3.09. The van der Waals surface area contributed by atoms with E-state index in [0.29, 0.717) is 5.57 Å². The summed E-state index contributed by atoms with van der Waals surface area (Å²) in [4.78, 5) is 11.3. The van der Waals surface area contributed by atoms with Gasteiger partial charge in [-0.15, -0.1) is 0 Å². The summed E-state index contributed by atoms with van der Waals surface area (Å²) in [6, 6.07) is 8.05. The molecule has 3 nitrogen and oxygen atoms in total. The minimum Gasteiger partial charge on any atom is -0.439 e. The molecule has 0 aliphatic rings. The molecular formula is C14H19NO2. The zero-order chi connectivity index (χ0) is 12.8. The third kappa shape index (κ3) is 4.31. The Kier molecular flexibility index (Phi) is 4.76. The van der Waals surface area contributed by atoms with Crippen molar-refractivity contribution in [3.05, 3.63) is 42.0 Å². The van der Waals surface area contributed by atoms with Crippen LogP contribution in [0, 0.1) is 0 Å². The second kappa shape index (κ2) is 6.09. The molecule has 0 aliphatic carbocycles. The summed E-state index contributed by atoms with van der Waals surface area (Å²) in [6.07, 6.45) is 0.646. The first-order valence-corrected chi connectivity index (χ1v) is 5.75. The fourth-order valence-electron chi connectivity index (χ4n) is 1.36. The standard InChI is InChI=1S/C14H19NO2/c1-5-12-6-8-13(9-7-12)15-11(4)17-14(16)10(2)3/h6-9,11,15H,2,5H2,1,3-4H3. The zero-order valence-electron chi connectivity index (χ0n) is 10.6. The minimum absolute atomic E-state index is 0.369. The topological polar surface area (TPSA) is 38.3 Å². The minimum atomic E-state index is -0.379. The maximum absolute atomic E-state index is 11.3. The van der Waals surface area contributed by atoms with E-state index in [1.807, 2.05) is 12.1 Å². The van der Waals surface area contributed by atoms with Gasteiger partial charge in [0.15, 0.2) is 6.23 Å². The van der Waals surface area contributed by atoms with E-state index in [-0.39, 0.29) is 12.2 Å². The van der Waals surface area contributed by atoms with Gasteiger partial charge < -0.3 is 10.1 Å². The predicted octanol–water partition coefficient (Wildman–Crippen LogP) is 3.13. The van der Waals surface area contributed by atoms with Gasteiger partial charge in [-0.05, 0) is 38.0 Å². The molecule has 0 saturated carbocycles. The number of aryl methyl sites for hydroxylation is 1. The highest BCUT2D eigenvalue weighted by Gasteiger charge is 2.09. The Bertz CT molecular complexity index is 395. The Morgan fingerprint density at radius 2 is 2.00 bits per heavy atom. The van der Waals surface area contributed by atoms with Gasteiger partial charge in [0.1, 0.15) is 0 Å². The van der Waals surface area contributed by atoms with E-state index in [2.05, 4.69) is 31.0 Å². The predicted molar refractivity (Wildman–Crippen MR) is 69.8 cm³/mol. The van der Waals surface area contributed by atoms with Crippen LogP contribution in [0.1, 0.15) is 26.3 Å². The molecule has 0 bridgehead atoms. The van der Waals surface area contributed by atoms with Crippen LogP contribution >= 0.6 is 0 Å². The lowest BCUT2D eigenvalue weighted by molar-refractivity contribution is -0.142. The van der Waals surface area contributed by atoms with E-state index in [1.54, 1.807) is 13.8 Å². The van der Waals surface area contributed by atoms with Crippen LogP contribution in [0.25, 0.3) is 0 Å². The first kappa shape index (κ1) is 13.3. The lowest BCUT2D eigenvalue weighted by Crippen LogP contribution is -2.23. The van der Waals surface area contributed by atoms with Crippen LogP contribution in [-0.4, -0.2) is 12.2 Å². The summed E-state index contributed by atoms with van der Waals surface area (Å²) >= 11 is 0. The van der Waals surface area contributed by atoms with Gasteiger partial charge in [-0.3, -0.25) is 0 Å². The largest absolute Gasteiger partial charge is 0.439 e. The molecule has 0 radical (unpaired) electrons. The normalized spacial score (nSPS) is 11.7. The highest BCUT2D eigenvalue weighted by molar-refractivity contribution is 5.87. The summed E-state index contributed by atoms with van der Waals surface area (Å²) in [5.41, 5.74) is 2.62. The first-order chi connectivity index (χ1) is 8.02. The van der Waals surface area contributed by atoms with Crippen molar-refractivity contribution in [3.8, 4) is 0 Å². The van der Waals surface area contributed by atoms with Gasteiger partial charge in [0.05, 0.1) is 0 Å². The molecule has 17 heavy (non-hydrogen) atoms. The maximum Gasteiger partial charge on any atom is 0.335 e. The van der Waals surface area contributed by atoms with Gasteiger partial charge in [0.25, 0.3) is 0 Å². The van der Waals surface area contributed by atoms with Gasteiger partial charge in [-0.1, -0.05) is 25.6 Å². The van der Waals surface area contributed by atoms with Crippen LogP contribution in [0.2, 0.25) is 0 Å². The fraction of sp³-hybridized carbons (Fsp3) is 0.357. The fourth-order valence-corrected chi connectivity index (χ4v) is 1.36. The van der Waals surface area contributed by atoms with Crippen molar-refractivity contribution in [2.24, 2.45) is 0 Å². The highest BCUT2D eigenvalue weighted by atomic mass is 16.6. The lowest BCUT2D eigenvalue weighted by atomic mass is 10.1. The third-order valence-corrected chi connectivity index (χ3v) is 2.36. The quantitative estimate of drug-likeness (QED) is 0.482. The van der Waals surface area contributed by atoms with Crippen molar-refractivity contribution in [2.45, 2.75) is 33.4 Å². The Morgan fingerprint density at radius 1 is 1.41 bits per heavy atom. The molecule has 0 spiro atoms. The Hall–Kier alpha value is -1.77. The van der Waals surface area contributed by atoms with E-state index in [9.17, 15) is 4.79 Å². The second-order valence-corrected chi connectivity index (χ2v) is 4.02. The number of esters is 1. The first-order valence-electron chi connectivity index (χ1n) is 5.75. The molecule has 0 aliphatic heterocycles. The number of nitrogens with one attached hydrogen (secondary N) is 1. The Balaban J connectivity index is 2.52. The number of hydrogen-bond acceptors (Lipinski definition) is 3. The Labute approximate surface area is 102 Å². The molecule has 0 heterocycles. The van der Waals surface area contributed by atoms with Gasteiger partial charge in [0, 0.05) is 11.3 Å². The molecule has 1 aromatic rings. The molecule has 3 heteroatoms. The van der Waals surface area contributed by atoms with Crippen LogP contribution in [-0.2, 0) is 16.0 Å². The van der Waals surface area contributed by atoms with Gasteiger partial charge in [-0.25, -0.2) is 4.79 Å². The van der Waals surface area contributed by atoms with Crippen molar-refractivity contribution in [3.63, 3.8) is 0 Å². The van der Waals surface area contributed by atoms with Crippen LogP contribution in [0.4, 0.5) is 5.69 Å². The lowest BCUT2D eigenvalue weighted by Gasteiger charge is -2.16. The number of anilines is 1. The summed E-state index contributed by atoms with van der Waals surface area (Å²) in [7, 11) is 0. The van der Waals surface area contributed by atoms with Gasteiger partial charge >= 0.3 is 5.97 Å². The van der Waals surface area contributed by atoms with Crippen LogP contribution in [0.5, 0.6) is 0 Å². The monoisotopic (exact) mass is 233 g/mol. The smallest absolute Gasteiger partial charge is 0.335 e. The van der Waals surface area contributed by atoms with Gasteiger partial charge in [0.2, 0.25) is 0 Å². The third-order valence-electron chi connectivity index (χ3n) is 2.36. The molecule has 1 unspecified atom stereocenters. The molecule has 1 N–H and O–H groups in total. The number of ether oxygens (including phenoxy) is 1. The van der Waals surface area contributed by atoms with Crippen molar-refractivity contribution < 1.29 is 9.53 Å². The highest BCUT2D eigenvalue weighted by Crippen LogP contribution is 2.12. The molecule has 1 aromatic carbocycles. The van der Waals surface area contributed by atoms with E-state index < -0.39 is 0 Å². The summed E-state index contributed by atoms with van der Waals surface area (Å²) in [6.45, 7) is 9.06. The Morgan fingerprint density at radius 3 is 2.47 bits per heavy atom. The summed E-state index contributed by atoms with van der Waals surface area (Å²) < 4.78 is 5.12. The molecule has 1 atom stereocenters. The number of carbonyl (C=O) groups excluding carboxylic acids is 1. The SMILES string of the molecule is C=C(C)C(=O)OC(C)Nc1ccc(CC)cc1. The van der Waals surface area contributed by atoms with E-state index in [1.165, 1.54) is 5.56 Å². The number of hydrogen-bond donors (Lipinski definition) is 1. The molecule has 92 valence electrons. The van der Waals surface area contributed by atoms with Crippen LogP contribution in [0.3, 0.4) is 0 Å². The van der Waals surface area contributed by atoms with Gasteiger partial charge in [-0.2, -0.15) is 0 Å². The van der Waals surface area contributed by atoms with Crippen molar-refractivity contribution in [2.75, 3.05) is 5.32 Å². The number of carbonyl (C=O) groups is 1. The van der Waals surface area contributed by atoms with Crippen molar-refractivity contribution in [1.29, 1.82) is 0 Å². The maximum atomic E-state index is 11.3. The summed E-state index contributed by atoms with van der Waals surface area (Å²) in [5.74, 6) is -0.379. The molecule has 0 aromatic heterocycles. The number of benzene rings is 1. The van der Waals surface area contributed by atoms with Crippen molar-refractivity contribution >= 4 is 11.7 Å². The average Bonchev–Trinajstić information content (AvgIpc) is 2.29. The molecular weight excluding hydrogens is 214 g/mol.